The molecule has 2 aromatic rings. The minimum Gasteiger partial charge on any atom is -0.490 e. The van der Waals surface area contributed by atoms with Gasteiger partial charge in [0.1, 0.15) is 17.7 Å². The quantitative estimate of drug-likeness (QED) is 0.844. The molecule has 1 aliphatic heterocycles. The lowest BCUT2D eigenvalue weighted by atomic mass is 10.1. The number of hydrogen-bond donors (Lipinski definition) is 1. The molecule has 0 amide bonds. The van der Waals surface area contributed by atoms with Crippen LogP contribution in [-0.2, 0) is 0 Å². The molecule has 0 aliphatic carbocycles. The summed E-state index contributed by atoms with van der Waals surface area (Å²) in [4.78, 5) is 2.25. The third-order valence-electron chi connectivity index (χ3n) is 4.19. The highest BCUT2D eigenvalue weighted by atomic mass is 35.5. The van der Waals surface area contributed by atoms with E-state index in [0.717, 1.165) is 42.9 Å². The van der Waals surface area contributed by atoms with Crippen molar-refractivity contribution in [3.05, 3.63) is 52.8 Å². The summed E-state index contributed by atoms with van der Waals surface area (Å²) < 4.78 is 19.2. The van der Waals surface area contributed by atoms with Gasteiger partial charge in [-0.1, -0.05) is 11.6 Å². The summed E-state index contributed by atoms with van der Waals surface area (Å²) in [6.45, 7) is 3.60. The summed E-state index contributed by atoms with van der Waals surface area (Å²) in [6.07, 6.45) is 1.94. The molecular formula is C18H20ClFN2O. The molecule has 0 aromatic heterocycles. The van der Waals surface area contributed by atoms with Crippen LogP contribution in [0.4, 0.5) is 15.8 Å². The van der Waals surface area contributed by atoms with E-state index in [1.54, 1.807) is 12.1 Å². The van der Waals surface area contributed by atoms with Gasteiger partial charge < -0.3 is 15.4 Å². The largest absolute Gasteiger partial charge is 0.490 e. The number of aryl methyl sites for hydroxylation is 1. The Bertz CT molecular complexity index is 699. The first-order valence-electron chi connectivity index (χ1n) is 7.76. The van der Waals surface area contributed by atoms with Crippen LogP contribution >= 0.6 is 11.6 Å². The molecule has 122 valence electrons. The van der Waals surface area contributed by atoms with Gasteiger partial charge in [0.05, 0.1) is 10.7 Å². The van der Waals surface area contributed by atoms with E-state index in [4.69, 9.17) is 22.1 Å². The molecule has 0 saturated carbocycles. The van der Waals surface area contributed by atoms with Crippen LogP contribution in [0.25, 0.3) is 0 Å². The Morgan fingerprint density at radius 1 is 1.17 bits per heavy atom. The van der Waals surface area contributed by atoms with E-state index in [2.05, 4.69) is 4.90 Å². The second-order valence-electron chi connectivity index (χ2n) is 5.92. The average molecular weight is 335 g/mol. The van der Waals surface area contributed by atoms with Crippen LogP contribution in [0.1, 0.15) is 18.4 Å². The summed E-state index contributed by atoms with van der Waals surface area (Å²) in [7, 11) is 0. The SMILES string of the molecule is Cc1cc(F)ccc1OC1CCN(c2ccc(N)cc2Cl)CC1. The highest BCUT2D eigenvalue weighted by Crippen LogP contribution is 2.31. The predicted octanol–water partition coefficient (Wildman–Crippen LogP) is 4.42. The molecule has 1 aliphatic rings. The van der Waals surface area contributed by atoms with Gasteiger partial charge in [-0.2, -0.15) is 0 Å². The zero-order chi connectivity index (χ0) is 16.4. The summed E-state index contributed by atoms with van der Waals surface area (Å²) in [5.41, 5.74) is 8.25. The van der Waals surface area contributed by atoms with Gasteiger partial charge in [0.15, 0.2) is 0 Å². The number of rotatable bonds is 3. The zero-order valence-corrected chi connectivity index (χ0v) is 13.8. The monoisotopic (exact) mass is 334 g/mol. The minimum atomic E-state index is -0.234. The molecule has 1 fully saturated rings. The zero-order valence-electron chi connectivity index (χ0n) is 13.1. The summed E-state index contributed by atoms with van der Waals surface area (Å²) in [6, 6.07) is 10.2. The number of nitrogen functional groups attached to an aromatic ring is 1. The normalized spacial score (nSPS) is 15.7. The predicted molar refractivity (Wildman–Crippen MR) is 92.9 cm³/mol. The van der Waals surface area contributed by atoms with E-state index in [9.17, 15) is 4.39 Å². The van der Waals surface area contributed by atoms with E-state index in [1.165, 1.54) is 12.1 Å². The standard InChI is InChI=1S/C18H20ClFN2O/c1-12-10-13(20)2-5-18(12)23-15-6-8-22(9-7-15)17-4-3-14(21)11-16(17)19/h2-5,10-11,15H,6-9,21H2,1H3. The van der Waals surface area contributed by atoms with Crippen LogP contribution in [0.15, 0.2) is 36.4 Å². The lowest BCUT2D eigenvalue weighted by Gasteiger charge is -2.34. The molecule has 1 saturated heterocycles. The lowest BCUT2D eigenvalue weighted by molar-refractivity contribution is 0.169. The Kier molecular flexibility index (Phi) is 4.62. The van der Waals surface area contributed by atoms with Gasteiger partial charge in [0.25, 0.3) is 0 Å². The topological polar surface area (TPSA) is 38.5 Å². The fraction of sp³-hybridized carbons (Fsp3) is 0.333. The number of ether oxygens (including phenoxy) is 1. The van der Waals surface area contributed by atoms with Crippen LogP contribution in [0.5, 0.6) is 5.75 Å². The Morgan fingerprint density at radius 3 is 2.57 bits per heavy atom. The molecule has 0 radical (unpaired) electrons. The van der Waals surface area contributed by atoms with Crippen LogP contribution in [0.2, 0.25) is 5.02 Å². The van der Waals surface area contributed by atoms with Crippen LogP contribution in [0.3, 0.4) is 0 Å². The lowest BCUT2D eigenvalue weighted by Crippen LogP contribution is -2.38. The molecule has 1 heterocycles. The molecule has 3 rings (SSSR count). The van der Waals surface area contributed by atoms with Gasteiger partial charge >= 0.3 is 0 Å². The third-order valence-corrected chi connectivity index (χ3v) is 4.49. The number of piperidine rings is 1. The van der Waals surface area contributed by atoms with Gasteiger partial charge in [-0.15, -0.1) is 0 Å². The van der Waals surface area contributed by atoms with Gasteiger partial charge in [0, 0.05) is 31.6 Å². The van der Waals surface area contributed by atoms with Gasteiger partial charge in [-0.3, -0.25) is 0 Å². The highest BCUT2D eigenvalue weighted by molar-refractivity contribution is 6.33. The van der Waals surface area contributed by atoms with Crippen molar-refractivity contribution in [3.63, 3.8) is 0 Å². The van der Waals surface area contributed by atoms with E-state index in [-0.39, 0.29) is 11.9 Å². The fourth-order valence-corrected chi connectivity index (χ4v) is 3.23. The van der Waals surface area contributed by atoms with E-state index in [0.29, 0.717) is 10.7 Å². The molecule has 2 N–H and O–H groups in total. The number of hydrogen-bond acceptors (Lipinski definition) is 3. The van der Waals surface area contributed by atoms with Gasteiger partial charge in [0.2, 0.25) is 0 Å². The molecule has 0 bridgehead atoms. The van der Waals surface area contributed by atoms with Crippen molar-refractivity contribution in [2.75, 3.05) is 23.7 Å². The van der Waals surface area contributed by atoms with Gasteiger partial charge in [-0.25, -0.2) is 4.39 Å². The van der Waals surface area contributed by atoms with Crippen molar-refractivity contribution in [1.29, 1.82) is 0 Å². The van der Waals surface area contributed by atoms with Crippen LogP contribution in [-0.4, -0.2) is 19.2 Å². The van der Waals surface area contributed by atoms with Crippen molar-refractivity contribution in [1.82, 2.24) is 0 Å². The summed E-state index contributed by atoms with van der Waals surface area (Å²) in [5.74, 6) is 0.526. The van der Waals surface area contributed by atoms with Crippen molar-refractivity contribution in [3.8, 4) is 5.75 Å². The van der Waals surface area contributed by atoms with Crippen molar-refractivity contribution in [2.45, 2.75) is 25.9 Å². The minimum absolute atomic E-state index is 0.142. The fourth-order valence-electron chi connectivity index (χ4n) is 2.92. The summed E-state index contributed by atoms with van der Waals surface area (Å²) in [5, 5.41) is 0.679. The maximum absolute atomic E-state index is 13.1. The molecule has 3 nitrogen and oxygen atoms in total. The Hall–Kier alpha value is -1.94. The molecule has 0 unspecified atom stereocenters. The number of benzene rings is 2. The Labute approximate surface area is 140 Å². The van der Waals surface area contributed by atoms with E-state index < -0.39 is 0 Å². The Balaban J connectivity index is 1.62. The van der Waals surface area contributed by atoms with Crippen molar-refractivity contribution in [2.24, 2.45) is 0 Å². The highest BCUT2D eigenvalue weighted by Gasteiger charge is 2.22. The van der Waals surface area contributed by atoms with E-state index >= 15 is 0 Å². The maximum atomic E-state index is 13.1. The van der Waals surface area contributed by atoms with Crippen molar-refractivity contribution < 1.29 is 9.13 Å². The van der Waals surface area contributed by atoms with E-state index in [1.807, 2.05) is 19.1 Å². The average Bonchev–Trinajstić information content (AvgIpc) is 2.51. The number of halogens is 2. The maximum Gasteiger partial charge on any atom is 0.123 e. The first kappa shape index (κ1) is 15.9. The molecule has 23 heavy (non-hydrogen) atoms. The number of nitrogens with two attached hydrogens (primary N) is 1. The smallest absolute Gasteiger partial charge is 0.123 e. The van der Waals surface area contributed by atoms with Crippen molar-refractivity contribution >= 4 is 23.0 Å². The van der Waals surface area contributed by atoms with Crippen LogP contribution in [0, 0.1) is 12.7 Å². The van der Waals surface area contributed by atoms with Gasteiger partial charge in [-0.05, 0) is 48.9 Å². The molecule has 5 heteroatoms. The molecule has 0 spiro atoms. The molecule has 2 aromatic carbocycles. The first-order chi connectivity index (χ1) is 11.0. The Morgan fingerprint density at radius 2 is 1.91 bits per heavy atom. The second-order valence-corrected chi connectivity index (χ2v) is 6.33. The second kappa shape index (κ2) is 6.67. The molecule has 0 atom stereocenters. The number of anilines is 2. The number of nitrogens with zero attached hydrogens (tertiary/aromatic N) is 1. The summed E-state index contributed by atoms with van der Waals surface area (Å²) >= 11 is 6.28. The first-order valence-corrected chi connectivity index (χ1v) is 8.13. The molecular weight excluding hydrogens is 315 g/mol. The van der Waals surface area contributed by atoms with Crippen LogP contribution < -0.4 is 15.4 Å². The third kappa shape index (κ3) is 3.70.